The molecule has 2 saturated carbocycles. The van der Waals surface area contributed by atoms with Crippen LogP contribution in [0.2, 0.25) is 0 Å². The number of amides is 1. The standard InChI is InChI=1S/C17H27NO3/c1-2-17(16(20)21)5-7-18(8-6-17)15(19)11-14-10-12-3-4-13(14)9-12/h12-14H,2-11H2,1H3,(H,20,21). The van der Waals surface area contributed by atoms with Crippen molar-refractivity contribution in [3.05, 3.63) is 0 Å². The highest BCUT2D eigenvalue weighted by atomic mass is 16.4. The van der Waals surface area contributed by atoms with Gasteiger partial charge in [-0.05, 0) is 56.3 Å². The Morgan fingerprint density at radius 3 is 2.38 bits per heavy atom. The number of carboxylic acids is 1. The van der Waals surface area contributed by atoms with Gasteiger partial charge in [0.1, 0.15) is 0 Å². The average Bonchev–Trinajstić information content (AvgIpc) is 3.09. The largest absolute Gasteiger partial charge is 0.481 e. The number of piperidine rings is 1. The van der Waals surface area contributed by atoms with Crippen LogP contribution in [0.1, 0.15) is 58.3 Å². The van der Waals surface area contributed by atoms with Gasteiger partial charge in [0.25, 0.3) is 0 Å². The maximum atomic E-state index is 12.5. The van der Waals surface area contributed by atoms with E-state index in [9.17, 15) is 14.7 Å². The van der Waals surface area contributed by atoms with Crippen molar-refractivity contribution in [1.29, 1.82) is 0 Å². The fraction of sp³-hybridized carbons (Fsp3) is 0.882. The summed E-state index contributed by atoms with van der Waals surface area (Å²) in [5, 5.41) is 9.41. The second-order valence-corrected chi connectivity index (χ2v) is 7.46. The molecule has 2 bridgehead atoms. The van der Waals surface area contributed by atoms with E-state index in [1.165, 1.54) is 25.7 Å². The lowest BCUT2D eigenvalue weighted by molar-refractivity contribution is -0.154. The molecule has 4 nitrogen and oxygen atoms in total. The first-order valence-electron chi connectivity index (χ1n) is 8.55. The van der Waals surface area contributed by atoms with Crippen molar-refractivity contribution in [1.82, 2.24) is 4.90 Å². The molecule has 0 spiro atoms. The van der Waals surface area contributed by atoms with Crippen LogP contribution in [0.4, 0.5) is 0 Å². The third-order valence-corrected chi connectivity index (χ3v) is 6.53. The van der Waals surface area contributed by atoms with Crippen LogP contribution in [0.25, 0.3) is 0 Å². The molecule has 4 heteroatoms. The molecule has 2 aliphatic carbocycles. The third kappa shape index (κ3) is 2.69. The van der Waals surface area contributed by atoms with E-state index in [0.29, 0.717) is 44.7 Å². The topological polar surface area (TPSA) is 57.6 Å². The maximum absolute atomic E-state index is 12.5. The van der Waals surface area contributed by atoms with Crippen LogP contribution in [-0.2, 0) is 9.59 Å². The highest BCUT2D eigenvalue weighted by Crippen LogP contribution is 2.49. The smallest absolute Gasteiger partial charge is 0.309 e. The highest BCUT2D eigenvalue weighted by Gasteiger charge is 2.43. The lowest BCUT2D eigenvalue weighted by Gasteiger charge is -2.39. The molecule has 1 amide bonds. The minimum atomic E-state index is -0.690. The monoisotopic (exact) mass is 293 g/mol. The summed E-state index contributed by atoms with van der Waals surface area (Å²) in [6.45, 7) is 3.19. The Morgan fingerprint density at radius 1 is 1.19 bits per heavy atom. The molecule has 0 aromatic rings. The van der Waals surface area contributed by atoms with E-state index in [1.807, 2.05) is 11.8 Å². The van der Waals surface area contributed by atoms with Crippen molar-refractivity contribution in [3.8, 4) is 0 Å². The quantitative estimate of drug-likeness (QED) is 0.867. The first kappa shape index (κ1) is 14.9. The predicted octanol–water partition coefficient (Wildman–Crippen LogP) is 2.92. The Morgan fingerprint density at radius 2 is 1.90 bits per heavy atom. The van der Waals surface area contributed by atoms with Gasteiger partial charge in [-0.2, -0.15) is 0 Å². The van der Waals surface area contributed by atoms with E-state index < -0.39 is 11.4 Å². The van der Waals surface area contributed by atoms with Crippen molar-refractivity contribution >= 4 is 11.9 Å². The van der Waals surface area contributed by atoms with Crippen LogP contribution in [0.15, 0.2) is 0 Å². The van der Waals surface area contributed by atoms with Crippen molar-refractivity contribution in [2.75, 3.05) is 13.1 Å². The molecule has 118 valence electrons. The van der Waals surface area contributed by atoms with Gasteiger partial charge in [0.15, 0.2) is 0 Å². The second-order valence-electron chi connectivity index (χ2n) is 7.46. The number of aliphatic carboxylic acids is 1. The molecule has 1 N–H and O–H groups in total. The van der Waals surface area contributed by atoms with Crippen molar-refractivity contribution < 1.29 is 14.7 Å². The summed E-state index contributed by atoms with van der Waals surface area (Å²) in [4.78, 5) is 25.8. The summed E-state index contributed by atoms with van der Waals surface area (Å²) < 4.78 is 0. The molecule has 1 heterocycles. The van der Waals surface area contributed by atoms with Gasteiger partial charge < -0.3 is 10.0 Å². The first-order valence-corrected chi connectivity index (χ1v) is 8.55. The van der Waals surface area contributed by atoms with E-state index in [2.05, 4.69) is 0 Å². The number of carboxylic acid groups (broad SMARTS) is 1. The molecule has 3 unspecified atom stereocenters. The van der Waals surface area contributed by atoms with Crippen molar-refractivity contribution in [2.45, 2.75) is 58.3 Å². The van der Waals surface area contributed by atoms with Crippen molar-refractivity contribution in [3.63, 3.8) is 0 Å². The van der Waals surface area contributed by atoms with Crippen LogP contribution in [-0.4, -0.2) is 35.0 Å². The summed E-state index contributed by atoms with van der Waals surface area (Å²) in [6, 6.07) is 0. The number of carbonyl (C=O) groups excluding carboxylic acids is 1. The number of fused-ring (bicyclic) bond motifs is 2. The summed E-state index contributed by atoms with van der Waals surface area (Å²) in [7, 11) is 0. The summed E-state index contributed by atoms with van der Waals surface area (Å²) >= 11 is 0. The Bertz CT molecular complexity index is 426. The van der Waals surface area contributed by atoms with Gasteiger partial charge in [-0.1, -0.05) is 13.3 Å². The Kier molecular flexibility index (Phi) is 3.98. The molecule has 3 aliphatic rings. The zero-order valence-corrected chi connectivity index (χ0v) is 13.0. The van der Waals surface area contributed by atoms with Crippen LogP contribution >= 0.6 is 0 Å². The highest BCUT2D eigenvalue weighted by molar-refractivity contribution is 5.78. The van der Waals surface area contributed by atoms with Crippen LogP contribution in [0.3, 0.4) is 0 Å². The van der Waals surface area contributed by atoms with Gasteiger partial charge in [0, 0.05) is 19.5 Å². The molecule has 0 aromatic heterocycles. The summed E-state index contributed by atoms with van der Waals surface area (Å²) in [5.74, 6) is 1.85. The molecule has 1 aliphatic heterocycles. The number of hydrogen-bond acceptors (Lipinski definition) is 2. The predicted molar refractivity (Wildman–Crippen MR) is 79.7 cm³/mol. The molecule has 3 fully saturated rings. The summed E-state index contributed by atoms with van der Waals surface area (Å²) in [5.41, 5.74) is -0.594. The Balaban J connectivity index is 1.52. The van der Waals surface area contributed by atoms with E-state index in [-0.39, 0.29) is 5.91 Å². The SMILES string of the molecule is CCC1(C(=O)O)CCN(C(=O)CC2CC3CCC2C3)CC1. The molecule has 3 atom stereocenters. The third-order valence-electron chi connectivity index (χ3n) is 6.53. The minimum Gasteiger partial charge on any atom is -0.481 e. The molecule has 0 aromatic carbocycles. The number of rotatable bonds is 4. The molecule has 21 heavy (non-hydrogen) atoms. The molecule has 0 radical (unpaired) electrons. The fourth-order valence-corrected chi connectivity index (χ4v) is 4.88. The number of hydrogen-bond donors (Lipinski definition) is 1. The van der Waals surface area contributed by atoms with Gasteiger partial charge in [0.05, 0.1) is 5.41 Å². The van der Waals surface area contributed by atoms with Gasteiger partial charge in [0.2, 0.25) is 5.91 Å². The molecular weight excluding hydrogens is 266 g/mol. The Labute approximate surface area is 126 Å². The molecule has 3 rings (SSSR count). The van der Waals surface area contributed by atoms with Gasteiger partial charge in [-0.25, -0.2) is 0 Å². The van der Waals surface area contributed by atoms with E-state index in [0.717, 1.165) is 11.8 Å². The summed E-state index contributed by atoms with van der Waals surface area (Å²) in [6.07, 6.45) is 7.87. The lowest BCUT2D eigenvalue weighted by Crippen LogP contribution is -2.46. The normalized spacial score (nSPS) is 34.1. The zero-order chi connectivity index (χ0) is 15.0. The van der Waals surface area contributed by atoms with Gasteiger partial charge in [-0.15, -0.1) is 0 Å². The van der Waals surface area contributed by atoms with Crippen molar-refractivity contribution in [2.24, 2.45) is 23.2 Å². The van der Waals surface area contributed by atoms with Crippen LogP contribution in [0.5, 0.6) is 0 Å². The van der Waals surface area contributed by atoms with E-state index in [4.69, 9.17) is 0 Å². The second kappa shape index (κ2) is 5.62. The number of nitrogens with zero attached hydrogens (tertiary/aromatic N) is 1. The Hall–Kier alpha value is -1.06. The maximum Gasteiger partial charge on any atom is 0.309 e. The van der Waals surface area contributed by atoms with E-state index >= 15 is 0 Å². The molecular formula is C17H27NO3. The number of carbonyl (C=O) groups is 2. The van der Waals surface area contributed by atoms with Gasteiger partial charge >= 0.3 is 5.97 Å². The average molecular weight is 293 g/mol. The van der Waals surface area contributed by atoms with Gasteiger partial charge in [-0.3, -0.25) is 9.59 Å². The molecule has 1 saturated heterocycles. The van der Waals surface area contributed by atoms with E-state index in [1.54, 1.807) is 0 Å². The lowest BCUT2D eigenvalue weighted by atomic mass is 9.76. The number of likely N-dealkylation sites (tertiary alicyclic amines) is 1. The van der Waals surface area contributed by atoms with Crippen LogP contribution in [0, 0.1) is 23.2 Å². The first-order chi connectivity index (χ1) is 10.0. The van der Waals surface area contributed by atoms with Crippen LogP contribution < -0.4 is 0 Å². The fourth-order valence-electron chi connectivity index (χ4n) is 4.88. The zero-order valence-electron chi connectivity index (χ0n) is 13.0. The minimum absolute atomic E-state index is 0.266.